The number of imide groups is 1. The van der Waals surface area contributed by atoms with Gasteiger partial charge in [0.15, 0.2) is 0 Å². The van der Waals surface area contributed by atoms with E-state index in [0.29, 0.717) is 5.57 Å². The van der Waals surface area contributed by atoms with Gasteiger partial charge in [-0.15, -0.1) is 0 Å². The largest absolute Gasteiger partial charge is 0.459 e. The standard InChI is InChI=1S/C18H19NO4/c1-12-11-16(20)19(17(12)21)15-10-6-5-9-14(15)18(22)23-13-7-3-2-4-8-13/h5-6,9-11,13H,2-4,7-8H2,1H3. The van der Waals surface area contributed by atoms with Crippen LogP contribution in [0.15, 0.2) is 35.9 Å². The molecule has 0 N–H and O–H groups in total. The van der Waals surface area contributed by atoms with Crippen LogP contribution >= 0.6 is 0 Å². The van der Waals surface area contributed by atoms with Gasteiger partial charge in [-0.1, -0.05) is 18.6 Å². The molecule has 5 heteroatoms. The summed E-state index contributed by atoms with van der Waals surface area (Å²) in [6, 6.07) is 6.58. The van der Waals surface area contributed by atoms with Crippen molar-refractivity contribution in [1.82, 2.24) is 0 Å². The summed E-state index contributed by atoms with van der Waals surface area (Å²) in [5, 5.41) is 0. The monoisotopic (exact) mass is 313 g/mol. The molecule has 2 aliphatic rings. The van der Waals surface area contributed by atoms with Crippen molar-refractivity contribution in [2.45, 2.75) is 45.1 Å². The number of benzene rings is 1. The molecule has 1 aliphatic carbocycles. The van der Waals surface area contributed by atoms with Gasteiger partial charge in [-0.2, -0.15) is 0 Å². The lowest BCUT2D eigenvalue weighted by Gasteiger charge is -2.23. The highest BCUT2D eigenvalue weighted by Gasteiger charge is 2.33. The van der Waals surface area contributed by atoms with Crippen LogP contribution in [-0.4, -0.2) is 23.9 Å². The lowest BCUT2D eigenvalue weighted by molar-refractivity contribution is -0.120. The van der Waals surface area contributed by atoms with Crippen molar-refractivity contribution in [2.24, 2.45) is 0 Å². The van der Waals surface area contributed by atoms with E-state index in [4.69, 9.17) is 4.74 Å². The minimum atomic E-state index is -0.474. The maximum Gasteiger partial charge on any atom is 0.340 e. The number of ether oxygens (including phenoxy) is 1. The van der Waals surface area contributed by atoms with E-state index in [1.54, 1.807) is 31.2 Å². The van der Waals surface area contributed by atoms with Gasteiger partial charge in [-0.3, -0.25) is 9.59 Å². The van der Waals surface area contributed by atoms with E-state index in [2.05, 4.69) is 0 Å². The van der Waals surface area contributed by atoms with Gasteiger partial charge in [0.25, 0.3) is 11.8 Å². The molecule has 1 aliphatic heterocycles. The first-order valence-electron chi connectivity index (χ1n) is 7.94. The summed E-state index contributed by atoms with van der Waals surface area (Å²) in [6.45, 7) is 1.59. The van der Waals surface area contributed by atoms with E-state index in [-0.39, 0.29) is 17.4 Å². The lowest BCUT2D eigenvalue weighted by Crippen LogP contribution is -2.32. The van der Waals surface area contributed by atoms with E-state index >= 15 is 0 Å². The molecule has 1 heterocycles. The summed E-state index contributed by atoms with van der Waals surface area (Å²) in [7, 11) is 0. The predicted octanol–water partition coefficient (Wildman–Crippen LogP) is 3.00. The van der Waals surface area contributed by atoms with E-state index in [9.17, 15) is 14.4 Å². The van der Waals surface area contributed by atoms with Crippen LogP contribution in [0, 0.1) is 0 Å². The van der Waals surface area contributed by atoms with Crippen LogP contribution in [0.3, 0.4) is 0 Å². The number of nitrogens with zero attached hydrogens (tertiary/aromatic N) is 1. The third-order valence-corrected chi connectivity index (χ3v) is 4.29. The van der Waals surface area contributed by atoms with Crippen LogP contribution in [0.1, 0.15) is 49.4 Å². The van der Waals surface area contributed by atoms with E-state index in [1.165, 1.54) is 12.5 Å². The Balaban J connectivity index is 1.85. The molecule has 1 aromatic carbocycles. The molecule has 1 saturated carbocycles. The zero-order valence-corrected chi connectivity index (χ0v) is 13.1. The fourth-order valence-corrected chi connectivity index (χ4v) is 3.06. The highest BCUT2D eigenvalue weighted by atomic mass is 16.5. The number of hydrogen-bond donors (Lipinski definition) is 0. The number of rotatable bonds is 3. The number of anilines is 1. The van der Waals surface area contributed by atoms with Crippen LogP contribution in [0.2, 0.25) is 0 Å². The molecule has 0 saturated heterocycles. The maximum atomic E-state index is 12.5. The van der Waals surface area contributed by atoms with E-state index < -0.39 is 17.8 Å². The summed E-state index contributed by atoms with van der Waals surface area (Å²) in [4.78, 5) is 37.7. The van der Waals surface area contributed by atoms with Crippen molar-refractivity contribution >= 4 is 23.5 Å². The molecular formula is C18H19NO4. The van der Waals surface area contributed by atoms with Gasteiger partial charge in [0.1, 0.15) is 6.10 Å². The first-order chi connectivity index (χ1) is 11.1. The Kier molecular flexibility index (Phi) is 4.28. The topological polar surface area (TPSA) is 63.7 Å². The third-order valence-electron chi connectivity index (χ3n) is 4.29. The second-order valence-electron chi connectivity index (χ2n) is 5.99. The molecule has 0 aromatic heterocycles. The molecule has 3 rings (SSSR count). The normalized spacial score (nSPS) is 19.0. The van der Waals surface area contributed by atoms with Gasteiger partial charge in [-0.25, -0.2) is 9.69 Å². The summed E-state index contributed by atoms with van der Waals surface area (Å²) in [5.41, 5.74) is 0.907. The average Bonchev–Trinajstić information content (AvgIpc) is 2.81. The summed E-state index contributed by atoms with van der Waals surface area (Å²) in [6.07, 6.45) is 6.25. The van der Waals surface area contributed by atoms with Crippen LogP contribution in [0.25, 0.3) is 0 Å². The first-order valence-corrected chi connectivity index (χ1v) is 7.94. The quantitative estimate of drug-likeness (QED) is 0.635. The molecular weight excluding hydrogens is 294 g/mol. The smallest absolute Gasteiger partial charge is 0.340 e. The number of carbonyl (C=O) groups excluding carboxylic acids is 3. The maximum absolute atomic E-state index is 12.5. The molecule has 23 heavy (non-hydrogen) atoms. The molecule has 5 nitrogen and oxygen atoms in total. The van der Waals surface area contributed by atoms with Crippen molar-refractivity contribution in [1.29, 1.82) is 0 Å². The van der Waals surface area contributed by atoms with Crippen LogP contribution < -0.4 is 4.90 Å². The SMILES string of the molecule is CC1=CC(=O)N(c2ccccc2C(=O)OC2CCCCC2)C1=O. The Hall–Kier alpha value is -2.43. The molecule has 0 bridgehead atoms. The molecule has 0 radical (unpaired) electrons. The molecule has 0 unspecified atom stereocenters. The highest BCUT2D eigenvalue weighted by Crippen LogP contribution is 2.28. The van der Waals surface area contributed by atoms with Crippen molar-refractivity contribution in [3.05, 3.63) is 41.5 Å². The van der Waals surface area contributed by atoms with Crippen molar-refractivity contribution < 1.29 is 19.1 Å². The summed E-state index contributed by atoms with van der Waals surface area (Å²) >= 11 is 0. The van der Waals surface area contributed by atoms with Gasteiger partial charge in [-0.05, 0) is 44.7 Å². The number of para-hydroxylation sites is 1. The number of esters is 1. The van der Waals surface area contributed by atoms with Gasteiger partial charge in [0, 0.05) is 11.6 Å². The van der Waals surface area contributed by atoms with Crippen LogP contribution in [-0.2, 0) is 14.3 Å². The zero-order valence-electron chi connectivity index (χ0n) is 13.1. The molecule has 0 spiro atoms. The molecule has 0 atom stereocenters. The minimum absolute atomic E-state index is 0.0749. The van der Waals surface area contributed by atoms with Crippen molar-refractivity contribution in [3.8, 4) is 0 Å². The highest BCUT2D eigenvalue weighted by molar-refractivity contribution is 6.31. The third kappa shape index (κ3) is 3.04. The Labute approximate surface area is 134 Å². The number of hydrogen-bond acceptors (Lipinski definition) is 4. The Bertz CT molecular complexity index is 686. The van der Waals surface area contributed by atoms with Crippen LogP contribution in [0.4, 0.5) is 5.69 Å². The molecule has 120 valence electrons. The zero-order chi connectivity index (χ0) is 16.4. The van der Waals surface area contributed by atoms with Gasteiger partial charge in [0.2, 0.25) is 0 Å². The van der Waals surface area contributed by atoms with Crippen molar-refractivity contribution in [3.63, 3.8) is 0 Å². The Morgan fingerprint density at radius 2 is 1.83 bits per heavy atom. The first kappa shape index (κ1) is 15.5. The Morgan fingerprint density at radius 3 is 2.48 bits per heavy atom. The number of amides is 2. The van der Waals surface area contributed by atoms with Gasteiger partial charge in [0.05, 0.1) is 11.3 Å². The summed E-state index contributed by atoms with van der Waals surface area (Å²) < 4.78 is 5.57. The average molecular weight is 313 g/mol. The van der Waals surface area contributed by atoms with E-state index in [1.807, 2.05) is 0 Å². The Morgan fingerprint density at radius 1 is 1.13 bits per heavy atom. The van der Waals surface area contributed by atoms with Crippen molar-refractivity contribution in [2.75, 3.05) is 4.90 Å². The van der Waals surface area contributed by atoms with Crippen LogP contribution in [0.5, 0.6) is 0 Å². The summed E-state index contributed by atoms with van der Waals surface area (Å²) in [5.74, 6) is -1.30. The number of carbonyl (C=O) groups is 3. The van der Waals surface area contributed by atoms with Gasteiger partial charge < -0.3 is 4.74 Å². The van der Waals surface area contributed by atoms with E-state index in [0.717, 1.165) is 30.6 Å². The fourth-order valence-electron chi connectivity index (χ4n) is 3.06. The lowest BCUT2D eigenvalue weighted by atomic mass is 9.98. The molecule has 2 amide bonds. The molecule has 1 aromatic rings. The predicted molar refractivity (Wildman–Crippen MR) is 85.0 cm³/mol. The van der Waals surface area contributed by atoms with Gasteiger partial charge >= 0.3 is 5.97 Å². The second kappa shape index (κ2) is 6.36. The minimum Gasteiger partial charge on any atom is -0.459 e. The second-order valence-corrected chi connectivity index (χ2v) is 5.99. The fraction of sp³-hybridized carbons (Fsp3) is 0.389. The molecule has 1 fully saturated rings.